The van der Waals surface area contributed by atoms with Crippen molar-refractivity contribution >= 4 is 39.1 Å². The highest BCUT2D eigenvalue weighted by Gasteiger charge is 2.15. The summed E-state index contributed by atoms with van der Waals surface area (Å²) < 4.78 is 0.891. The summed E-state index contributed by atoms with van der Waals surface area (Å²) in [4.78, 5) is 23.1. The standard InChI is InChI=1S/C11H15BrN2O2S/c1-11(2,3)14-9(15)5-13-10(16)7-4-8(12)17-6-7/h4,6H,5H2,1-3H3,(H,13,16)(H,14,15). The van der Waals surface area contributed by atoms with Crippen molar-refractivity contribution in [3.8, 4) is 0 Å². The first kappa shape index (κ1) is 14.2. The molecule has 2 N–H and O–H groups in total. The van der Waals surface area contributed by atoms with Crippen LogP contribution in [0.2, 0.25) is 0 Å². The van der Waals surface area contributed by atoms with Crippen LogP contribution in [-0.2, 0) is 4.79 Å². The molecule has 2 amide bonds. The zero-order valence-corrected chi connectivity index (χ0v) is 12.4. The Morgan fingerprint density at radius 2 is 2.06 bits per heavy atom. The van der Waals surface area contributed by atoms with E-state index in [9.17, 15) is 9.59 Å². The average Bonchev–Trinajstić information content (AvgIpc) is 2.58. The Hall–Kier alpha value is -0.880. The normalized spacial score (nSPS) is 11.1. The van der Waals surface area contributed by atoms with Crippen molar-refractivity contribution in [2.24, 2.45) is 0 Å². The zero-order valence-electron chi connectivity index (χ0n) is 9.96. The van der Waals surface area contributed by atoms with Gasteiger partial charge in [-0.15, -0.1) is 11.3 Å². The minimum absolute atomic E-state index is 0.0103. The number of rotatable bonds is 3. The molecule has 0 unspecified atom stereocenters. The SMILES string of the molecule is CC(C)(C)NC(=O)CNC(=O)c1csc(Br)c1. The zero-order chi connectivity index (χ0) is 13.1. The molecule has 6 heteroatoms. The van der Waals surface area contributed by atoms with Gasteiger partial charge in [-0.05, 0) is 42.8 Å². The molecule has 1 aromatic heterocycles. The third-order valence-corrected chi connectivity index (χ3v) is 3.26. The van der Waals surface area contributed by atoms with Gasteiger partial charge in [0.05, 0.1) is 15.9 Å². The molecule has 4 nitrogen and oxygen atoms in total. The fourth-order valence-electron chi connectivity index (χ4n) is 1.15. The quantitative estimate of drug-likeness (QED) is 0.897. The Balaban J connectivity index is 2.41. The molecule has 0 fully saturated rings. The van der Waals surface area contributed by atoms with Crippen molar-refractivity contribution in [2.45, 2.75) is 26.3 Å². The van der Waals surface area contributed by atoms with Crippen LogP contribution < -0.4 is 10.6 Å². The Bertz CT molecular complexity index is 423. The molecule has 0 aliphatic carbocycles. The van der Waals surface area contributed by atoms with Crippen molar-refractivity contribution in [3.05, 3.63) is 20.8 Å². The summed E-state index contributed by atoms with van der Waals surface area (Å²) in [6.45, 7) is 5.66. The monoisotopic (exact) mass is 318 g/mol. The highest BCUT2D eigenvalue weighted by Crippen LogP contribution is 2.20. The predicted octanol–water partition coefficient (Wildman–Crippen LogP) is 2.16. The summed E-state index contributed by atoms with van der Waals surface area (Å²) in [6.07, 6.45) is 0. The second kappa shape index (κ2) is 5.64. The molecular weight excluding hydrogens is 304 g/mol. The summed E-state index contributed by atoms with van der Waals surface area (Å²) in [5, 5.41) is 7.08. The molecule has 1 heterocycles. The van der Waals surface area contributed by atoms with Crippen LogP contribution in [0.4, 0.5) is 0 Å². The number of nitrogens with one attached hydrogen (secondary N) is 2. The van der Waals surface area contributed by atoms with Gasteiger partial charge < -0.3 is 10.6 Å². The summed E-state index contributed by atoms with van der Waals surface area (Å²) in [7, 11) is 0. The highest BCUT2D eigenvalue weighted by atomic mass is 79.9. The predicted molar refractivity (Wildman–Crippen MR) is 72.2 cm³/mol. The van der Waals surface area contributed by atoms with E-state index in [-0.39, 0.29) is 23.9 Å². The number of carbonyl (C=O) groups is 2. The number of hydrogen-bond acceptors (Lipinski definition) is 3. The van der Waals surface area contributed by atoms with Gasteiger partial charge in [-0.3, -0.25) is 9.59 Å². The van der Waals surface area contributed by atoms with Gasteiger partial charge in [0.15, 0.2) is 0 Å². The third kappa shape index (κ3) is 5.32. The summed E-state index contributed by atoms with van der Waals surface area (Å²) >= 11 is 4.71. The van der Waals surface area contributed by atoms with E-state index >= 15 is 0 Å². The maximum atomic E-state index is 11.6. The van der Waals surface area contributed by atoms with Gasteiger partial charge in [0.2, 0.25) is 5.91 Å². The van der Waals surface area contributed by atoms with E-state index in [0.29, 0.717) is 5.56 Å². The summed E-state index contributed by atoms with van der Waals surface area (Å²) in [5.74, 6) is -0.434. The summed E-state index contributed by atoms with van der Waals surface area (Å²) in [5.41, 5.74) is 0.276. The minimum atomic E-state index is -0.285. The number of hydrogen-bond donors (Lipinski definition) is 2. The molecule has 0 aliphatic rings. The van der Waals surface area contributed by atoms with Gasteiger partial charge >= 0.3 is 0 Å². The molecule has 17 heavy (non-hydrogen) atoms. The van der Waals surface area contributed by atoms with E-state index in [1.54, 1.807) is 11.4 Å². The summed E-state index contributed by atoms with van der Waals surface area (Å²) in [6, 6.07) is 1.72. The molecule has 0 aliphatic heterocycles. The highest BCUT2D eigenvalue weighted by molar-refractivity contribution is 9.11. The molecule has 0 atom stereocenters. The molecule has 1 aromatic rings. The van der Waals surface area contributed by atoms with Crippen molar-refractivity contribution < 1.29 is 9.59 Å². The van der Waals surface area contributed by atoms with E-state index in [2.05, 4.69) is 26.6 Å². The van der Waals surface area contributed by atoms with Crippen molar-refractivity contribution in [1.29, 1.82) is 0 Å². The van der Waals surface area contributed by atoms with Crippen LogP contribution in [0, 0.1) is 0 Å². The topological polar surface area (TPSA) is 58.2 Å². The van der Waals surface area contributed by atoms with Gasteiger partial charge in [-0.1, -0.05) is 0 Å². The minimum Gasteiger partial charge on any atom is -0.350 e. The van der Waals surface area contributed by atoms with Crippen LogP contribution in [0.5, 0.6) is 0 Å². The first-order valence-corrected chi connectivity index (χ1v) is 6.78. The molecule has 0 aromatic carbocycles. The molecule has 0 bridgehead atoms. The van der Waals surface area contributed by atoms with Crippen LogP contribution in [0.25, 0.3) is 0 Å². The molecule has 0 saturated heterocycles. The lowest BCUT2D eigenvalue weighted by molar-refractivity contribution is -0.121. The first-order valence-electron chi connectivity index (χ1n) is 5.11. The van der Waals surface area contributed by atoms with E-state index in [1.165, 1.54) is 11.3 Å². The fourth-order valence-corrected chi connectivity index (χ4v) is 2.29. The van der Waals surface area contributed by atoms with E-state index < -0.39 is 0 Å². The smallest absolute Gasteiger partial charge is 0.252 e. The fraction of sp³-hybridized carbons (Fsp3) is 0.455. The van der Waals surface area contributed by atoms with Crippen molar-refractivity contribution in [1.82, 2.24) is 10.6 Å². The third-order valence-electron chi connectivity index (χ3n) is 1.75. The molecule has 0 radical (unpaired) electrons. The molecule has 0 spiro atoms. The molecule has 1 rings (SSSR count). The van der Waals surface area contributed by atoms with Gasteiger partial charge in [-0.25, -0.2) is 0 Å². The maximum Gasteiger partial charge on any atom is 0.252 e. The number of halogens is 1. The first-order chi connectivity index (χ1) is 7.78. The van der Waals surface area contributed by atoms with Crippen LogP contribution in [-0.4, -0.2) is 23.9 Å². The maximum absolute atomic E-state index is 11.6. The largest absolute Gasteiger partial charge is 0.350 e. The lowest BCUT2D eigenvalue weighted by atomic mass is 10.1. The van der Waals surface area contributed by atoms with E-state index in [1.807, 2.05) is 20.8 Å². The lowest BCUT2D eigenvalue weighted by Gasteiger charge is -2.20. The molecule has 0 saturated carbocycles. The van der Waals surface area contributed by atoms with Crippen molar-refractivity contribution in [3.63, 3.8) is 0 Å². The van der Waals surface area contributed by atoms with E-state index in [4.69, 9.17) is 0 Å². The average molecular weight is 319 g/mol. The number of thiophene rings is 1. The van der Waals surface area contributed by atoms with Gasteiger partial charge in [-0.2, -0.15) is 0 Å². The van der Waals surface area contributed by atoms with Gasteiger partial charge in [0.25, 0.3) is 5.91 Å². The van der Waals surface area contributed by atoms with Gasteiger partial charge in [0.1, 0.15) is 0 Å². The van der Waals surface area contributed by atoms with Gasteiger partial charge in [0, 0.05) is 10.9 Å². The van der Waals surface area contributed by atoms with Crippen LogP contribution in [0.3, 0.4) is 0 Å². The molecule has 94 valence electrons. The lowest BCUT2D eigenvalue weighted by Crippen LogP contribution is -2.45. The Morgan fingerprint density at radius 3 is 2.53 bits per heavy atom. The Morgan fingerprint density at radius 1 is 1.41 bits per heavy atom. The molecular formula is C11H15BrN2O2S. The van der Waals surface area contributed by atoms with Crippen LogP contribution in [0.1, 0.15) is 31.1 Å². The number of carbonyl (C=O) groups excluding carboxylic acids is 2. The Kier molecular flexibility index (Phi) is 4.70. The van der Waals surface area contributed by atoms with E-state index in [0.717, 1.165) is 3.79 Å². The van der Waals surface area contributed by atoms with Crippen LogP contribution in [0.15, 0.2) is 15.2 Å². The number of amides is 2. The van der Waals surface area contributed by atoms with Crippen LogP contribution >= 0.6 is 27.3 Å². The second-order valence-corrected chi connectivity index (χ2v) is 6.91. The Labute approximate surface area is 113 Å². The van der Waals surface area contributed by atoms with Crippen molar-refractivity contribution in [2.75, 3.05) is 6.54 Å². The second-order valence-electron chi connectivity index (χ2n) is 4.62.